The second-order valence-corrected chi connectivity index (χ2v) is 5.42. The van der Waals surface area contributed by atoms with Crippen LogP contribution in [0.5, 0.6) is 17.2 Å². The molecule has 0 saturated heterocycles. The Hall–Kier alpha value is -2.21. The van der Waals surface area contributed by atoms with E-state index in [1.807, 2.05) is 18.2 Å². The van der Waals surface area contributed by atoms with Gasteiger partial charge in [-0.05, 0) is 24.3 Å². The van der Waals surface area contributed by atoms with Gasteiger partial charge >= 0.3 is 5.97 Å². The molecule has 122 valence electrons. The van der Waals surface area contributed by atoms with E-state index in [1.165, 1.54) is 0 Å². The summed E-state index contributed by atoms with van der Waals surface area (Å²) in [4.78, 5) is 11.8. The van der Waals surface area contributed by atoms with Crippen molar-refractivity contribution >= 4 is 21.9 Å². The highest BCUT2D eigenvalue weighted by Crippen LogP contribution is 2.33. The standard InChI is InChI=1S/C17H17BrO5/c1-20-15-8-12(14(18)9-16(15)21-2)10-23-17(19)11-22-13-6-4-3-5-7-13/h3-9H,10-11H2,1-2H3. The van der Waals surface area contributed by atoms with E-state index in [-0.39, 0.29) is 13.2 Å². The molecular weight excluding hydrogens is 364 g/mol. The Labute approximate surface area is 143 Å². The Bertz CT molecular complexity index is 658. The third-order valence-electron chi connectivity index (χ3n) is 3.04. The Morgan fingerprint density at radius 2 is 1.70 bits per heavy atom. The van der Waals surface area contributed by atoms with Gasteiger partial charge in [0.1, 0.15) is 12.4 Å². The molecule has 0 N–H and O–H groups in total. The molecular formula is C17H17BrO5. The van der Waals surface area contributed by atoms with Gasteiger partial charge < -0.3 is 18.9 Å². The average molecular weight is 381 g/mol. The predicted molar refractivity (Wildman–Crippen MR) is 89.0 cm³/mol. The molecule has 2 aromatic carbocycles. The molecule has 2 rings (SSSR count). The summed E-state index contributed by atoms with van der Waals surface area (Å²) in [6, 6.07) is 12.6. The minimum atomic E-state index is -0.449. The van der Waals surface area contributed by atoms with E-state index in [0.29, 0.717) is 17.2 Å². The lowest BCUT2D eigenvalue weighted by Crippen LogP contribution is -2.14. The third-order valence-corrected chi connectivity index (χ3v) is 3.78. The lowest BCUT2D eigenvalue weighted by molar-refractivity contribution is -0.147. The molecule has 0 aliphatic carbocycles. The number of rotatable bonds is 7. The fraction of sp³-hybridized carbons (Fsp3) is 0.235. The zero-order chi connectivity index (χ0) is 16.7. The van der Waals surface area contributed by atoms with Crippen LogP contribution < -0.4 is 14.2 Å². The number of ether oxygens (including phenoxy) is 4. The van der Waals surface area contributed by atoms with Crippen molar-refractivity contribution in [2.75, 3.05) is 20.8 Å². The molecule has 0 fully saturated rings. The minimum Gasteiger partial charge on any atom is -0.493 e. The lowest BCUT2D eigenvalue weighted by Gasteiger charge is -2.12. The van der Waals surface area contributed by atoms with Gasteiger partial charge in [0.15, 0.2) is 18.1 Å². The van der Waals surface area contributed by atoms with Crippen molar-refractivity contribution in [1.82, 2.24) is 0 Å². The summed E-state index contributed by atoms with van der Waals surface area (Å²) < 4.78 is 21.8. The van der Waals surface area contributed by atoms with E-state index in [9.17, 15) is 4.79 Å². The smallest absolute Gasteiger partial charge is 0.344 e. The first-order valence-corrected chi connectivity index (χ1v) is 7.67. The van der Waals surface area contributed by atoms with E-state index in [2.05, 4.69) is 15.9 Å². The maximum absolute atomic E-state index is 11.8. The second-order valence-electron chi connectivity index (χ2n) is 4.56. The lowest BCUT2D eigenvalue weighted by atomic mass is 10.2. The number of hydrogen-bond donors (Lipinski definition) is 0. The van der Waals surface area contributed by atoms with Gasteiger partial charge in [-0.25, -0.2) is 4.79 Å². The Morgan fingerprint density at radius 3 is 2.35 bits per heavy atom. The molecule has 0 bridgehead atoms. The van der Waals surface area contributed by atoms with Crippen molar-refractivity contribution < 1.29 is 23.7 Å². The van der Waals surface area contributed by atoms with Crippen LogP contribution in [-0.4, -0.2) is 26.8 Å². The van der Waals surface area contributed by atoms with E-state index in [1.54, 1.807) is 38.5 Å². The van der Waals surface area contributed by atoms with Crippen LogP contribution in [0, 0.1) is 0 Å². The molecule has 0 aromatic heterocycles. The fourth-order valence-corrected chi connectivity index (χ4v) is 2.30. The highest BCUT2D eigenvalue weighted by atomic mass is 79.9. The maximum atomic E-state index is 11.8. The minimum absolute atomic E-state index is 0.109. The van der Waals surface area contributed by atoms with Gasteiger partial charge in [0.2, 0.25) is 0 Å². The van der Waals surface area contributed by atoms with Gasteiger partial charge in [0.25, 0.3) is 0 Å². The van der Waals surface area contributed by atoms with Crippen LogP contribution >= 0.6 is 15.9 Å². The van der Waals surface area contributed by atoms with Gasteiger partial charge in [-0.3, -0.25) is 0 Å². The first-order chi connectivity index (χ1) is 11.1. The number of hydrogen-bond acceptors (Lipinski definition) is 5. The quantitative estimate of drug-likeness (QED) is 0.687. The molecule has 0 spiro atoms. The zero-order valence-electron chi connectivity index (χ0n) is 12.9. The van der Waals surface area contributed by atoms with Gasteiger partial charge in [-0.15, -0.1) is 0 Å². The normalized spacial score (nSPS) is 10.0. The average Bonchev–Trinajstić information content (AvgIpc) is 2.59. The van der Waals surface area contributed by atoms with E-state index in [0.717, 1.165) is 10.0 Å². The highest BCUT2D eigenvalue weighted by molar-refractivity contribution is 9.10. The van der Waals surface area contributed by atoms with Gasteiger partial charge in [0, 0.05) is 10.0 Å². The van der Waals surface area contributed by atoms with Crippen molar-refractivity contribution in [2.45, 2.75) is 6.61 Å². The number of esters is 1. The Kier molecular flexibility index (Phi) is 6.29. The number of para-hydroxylation sites is 1. The first-order valence-electron chi connectivity index (χ1n) is 6.88. The molecule has 0 atom stereocenters. The molecule has 0 unspecified atom stereocenters. The largest absolute Gasteiger partial charge is 0.493 e. The van der Waals surface area contributed by atoms with Crippen LogP contribution in [0.25, 0.3) is 0 Å². The van der Waals surface area contributed by atoms with Crippen LogP contribution in [0.3, 0.4) is 0 Å². The molecule has 6 heteroatoms. The SMILES string of the molecule is COc1cc(Br)c(COC(=O)COc2ccccc2)cc1OC. The molecule has 0 aliphatic heterocycles. The summed E-state index contributed by atoms with van der Waals surface area (Å²) in [5.74, 6) is 1.34. The predicted octanol–water partition coefficient (Wildman–Crippen LogP) is 3.59. The van der Waals surface area contributed by atoms with Crippen LogP contribution in [0.2, 0.25) is 0 Å². The van der Waals surface area contributed by atoms with Crippen molar-refractivity contribution in [2.24, 2.45) is 0 Å². The molecule has 0 heterocycles. The van der Waals surface area contributed by atoms with Crippen LogP contribution in [0.15, 0.2) is 46.9 Å². The number of benzene rings is 2. The number of halogens is 1. The van der Waals surface area contributed by atoms with Crippen molar-refractivity contribution in [1.29, 1.82) is 0 Å². The second kappa shape index (κ2) is 8.43. The summed E-state index contributed by atoms with van der Waals surface area (Å²) >= 11 is 3.42. The topological polar surface area (TPSA) is 54.0 Å². The number of carbonyl (C=O) groups is 1. The van der Waals surface area contributed by atoms with Gasteiger partial charge in [0.05, 0.1) is 14.2 Å². The first kappa shape index (κ1) is 17.1. The van der Waals surface area contributed by atoms with Crippen LogP contribution in [0.4, 0.5) is 0 Å². The van der Waals surface area contributed by atoms with E-state index in [4.69, 9.17) is 18.9 Å². The Balaban J connectivity index is 1.91. The molecule has 0 aliphatic rings. The van der Waals surface area contributed by atoms with Crippen molar-refractivity contribution in [3.05, 3.63) is 52.5 Å². The highest BCUT2D eigenvalue weighted by Gasteiger charge is 2.12. The van der Waals surface area contributed by atoms with Gasteiger partial charge in [-0.2, -0.15) is 0 Å². The van der Waals surface area contributed by atoms with Crippen LogP contribution in [-0.2, 0) is 16.1 Å². The van der Waals surface area contributed by atoms with E-state index < -0.39 is 5.97 Å². The molecule has 5 nitrogen and oxygen atoms in total. The Morgan fingerprint density at radius 1 is 1.04 bits per heavy atom. The summed E-state index contributed by atoms with van der Waals surface area (Å²) in [5.41, 5.74) is 0.774. The summed E-state index contributed by atoms with van der Waals surface area (Å²) in [6.07, 6.45) is 0. The molecule has 23 heavy (non-hydrogen) atoms. The fourth-order valence-electron chi connectivity index (χ4n) is 1.87. The summed E-state index contributed by atoms with van der Waals surface area (Å²) in [5, 5.41) is 0. The van der Waals surface area contributed by atoms with Crippen LogP contribution in [0.1, 0.15) is 5.56 Å². The summed E-state index contributed by atoms with van der Waals surface area (Å²) in [7, 11) is 3.11. The summed E-state index contributed by atoms with van der Waals surface area (Å²) in [6.45, 7) is -0.0349. The third kappa shape index (κ3) is 4.89. The molecule has 2 aromatic rings. The monoisotopic (exact) mass is 380 g/mol. The number of methoxy groups -OCH3 is 2. The van der Waals surface area contributed by atoms with Gasteiger partial charge in [-0.1, -0.05) is 34.1 Å². The van der Waals surface area contributed by atoms with Crippen molar-refractivity contribution in [3.8, 4) is 17.2 Å². The maximum Gasteiger partial charge on any atom is 0.344 e. The molecule has 0 amide bonds. The zero-order valence-corrected chi connectivity index (χ0v) is 14.5. The molecule has 0 radical (unpaired) electrons. The van der Waals surface area contributed by atoms with E-state index >= 15 is 0 Å². The number of carbonyl (C=O) groups excluding carboxylic acids is 1. The van der Waals surface area contributed by atoms with Crippen molar-refractivity contribution in [3.63, 3.8) is 0 Å². The molecule has 0 saturated carbocycles.